The fourth-order valence-electron chi connectivity index (χ4n) is 2.15. The van der Waals surface area contributed by atoms with E-state index >= 15 is 0 Å². The topological polar surface area (TPSA) is 88.3 Å². The van der Waals surface area contributed by atoms with Gasteiger partial charge in [0.25, 0.3) is 0 Å². The Morgan fingerprint density at radius 1 is 1.00 bits per heavy atom. The predicted octanol–water partition coefficient (Wildman–Crippen LogP) is 4.16. The van der Waals surface area contributed by atoms with Crippen molar-refractivity contribution in [3.8, 4) is 16.4 Å². The van der Waals surface area contributed by atoms with Gasteiger partial charge in [0.15, 0.2) is 5.69 Å². The van der Waals surface area contributed by atoms with Gasteiger partial charge in [-0.25, -0.2) is 9.97 Å². The number of H-pyrrole nitrogens is 1. The van der Waals surface area contributed by atoms with Crippen LogP contribution in [-0.4, -0.2) is 19.7 Å². The van der Waals surface area contributed by atoms with Crippen molar-refractivity contribution in [2.24, 2.45) is 10.2 Å². The second-order valence-corrected chi connectivity index (χ2v) is 6.42. The first-order chi connectivity index (χ1) is 11.8. The maximum absolute atomic E-state index is 12.7. The highest BCUT2D eigenvalue weighted by Gasteiger charge is 2.18. The monoisotopic (exact) mass is 354 g/mol. The molecule has 0 atom stereocenters. The summed E-state index contributed by atoms with van der Waals surface area (Å²) in [5.74, 6) is 0. The van der Waals surface area contributed by atoms with Gasteiger partial charge >= 0.3 is 5.56 Å². The highest BCUT2D eigenvalue weighted by atomic mass is 32.1. The van der Waals surface area contributed by atoms with Crippen LogP contribution in [0.2, 0.25) is 0 Å². The van der Waals surface area contributed by atoms with E-state index in [4.69, 9.17) is 0 Å². The molecular formula is C15H10N6OS2. The third kappa shape index (κ3) is 2.70. The second kappa shape index (κ2) is 6.30. The minimum atomic E-state index is -0.302. The van der Waals surface area contributed by atoms with Crippen LogP contribution in [-0.2, 0) is 0 Å². The maximum Gasteiger partial charge on any atom is 0.301 e. The molecule has 3 aromatic heterocycles. The average Bonchev–Trinajstić information content (AvgIpc) is 3.35. The van der Waals surface area contributed by atoms with Crippen molar-refractivity contribution in [1.82, 2.24) is 19.7 Å². The van der Waals surface area contributed by atoms with Crippen LogP contribution in [0.5, 0.6) is 0 Å². The van der Waals surface area contributed by atoms with Crippen LogP contribution < -0.4 is 5.56 Å². The number of rotatable bonds is 4. The molecule has 3 heterocycles. The molecule has 4 rings (SSSR count). The number of aromatic amines is 1. The Morgan fingerprint density at radius 3 is 2.50 bits per heavy atom. The molecule has 0 amide bonds. The molecule has 0 aliphatic heterocycles. The van der Waals surface area contributed by atoms with Crippen molar-refractivity contribution in [3.63, 3.8) is 0 Å². The Kier molecular flexibility index (Phi) is 3.85. The maximum atomic E-state index is 12.7. The van der Waals surface area contributed by atoms with Gasteiger partial charge in [-0.05, 0) is 0 Å². The molecule has 9 heteroatoms. The van der Waals surface area contributed by atoms with Gasteiger partial charge in [-0.15, -0.1) is 32.9 Å². The summed E-state index contributed by atoms with van der Waals surface area (Å²) in [6, 6.07) is 9.52. The van der Waals surface area contributed by atoms with E-state index in [1.54, 1.807) is 17.8 Å². The van der Waals surface area contributed by atoms with Gasteiger partial charge in [-0.2, -0.15) is 4.68 Å². The lowest BCUT2D eigenvalue weighted by atomic mass is 10.1. The molecule has 0 unspecified atom stereocenters. The molecule has 0 aliphatic carbocycles. The summed E-state index contributed by atoms with van der Waals surface area (Å²) in [5, 5.41) is 15.9. The minimum Gasteiger partial charge on any atom is -0.286 e. The van der Waals surface area contributed by atoms with E-state index in [0.29, 0.717) is 16.0 Å². The van der Waals surface area contributed by atoms with Crippen LogP contribution in [0, 0.1) is 0 Å². The Morgan fingerprint density at radius 2 is 1.79 bits per heavy atom. The second-order valence-electron chi connectivity index (χ2n) is 4.67. The van der Waals surface area contributed by atoms with Crippen LogP contribution in [0.25, 0.3) is 16.4 Å². The number of hydrogen-bond acceptors (Lipinski definition) is 7. The van der Waals surface area contributed by atoms with Crippen LogP contribution >= 0.6 is 22.7 Å². The zero-order valence-corrected chi connectivity index (χ0v) is 13.8. The summed E-state index contributed by atoms with van der Waals surface area (Å²) in [7, 11) is 0. The van der Waals surface area contributed by atoms with Gasteiger partial charge in [0.1, 0.15) is 0 Å². The summed E-state index contributed by atoms with van der Waals surface area (Å²) >= 11 is 2.71. The lowest BCUT2D eigenvalue weighted by Crippen LogP contribution is -2.13. The lowest BCUT2D eigenvalue weighted by molar-refractivity contribution is 0.842. The van der Waals surface area contributed by atoms with E-state index < -0.39 is 0 Å². The van der Waals surface area contributed by atoms with Crippen molar-refractivity contribution in [3.05, 3.63) is 63.8 Å². The number of azo groups is 1. The molecule has 0 spiro atoms. The van der Waals surface area contributed by atoms with E-state index in [0.717, 1.165) is 5.56 Å². The van der Waals surface area contributed by atoms with E-state index in [1.807, 2.05) is 35.7 Å². The summed E-state index contributed by atoms with van der Waals surface area (Å²) < 4.78 is 1.38. The van der Waals surface area contributed by atoms with Crippen molar-refractivity contribution in [2.45, 2.75) is 0 Å². The zero-order valence-electron chi connectivity index (χ0n) is 12.2. The van der Waals surface area contributed by atoms with Crippen molar-refractivity contribution < 1.29 is 0 Å². The first kappa shape index (κ1) is 14.7. The Hall–Kier alpha value is -2.91. The predicted molar refractivity (Wildman–Crippen MR) is 93.8 cm³/mol. The van der Waals surface area contributed by atoms with Crippen molar-refractivity contribution in [2.75, 3.05) is 0 Å². The smallest absolute Gasteiger partial charge is 0.286 e. The van der Waals surface area contributed by atoms with Crippen LogP contribution in [0.3, 0.4) is 0 Å². The fourth-order valence-corrected chi connectivity index (χ4v) is 3.20. The molecule has 0 fully saturated rings. The summed E-state index contributed by atoms with van der Waals surface area (Å²) in [4.78, 5) is 21.0. The molecule has 0 radical (unpaired) electrons. The van der Waals surface area contributed by atoms with Crippen molar-refractivity contribution in [1.29, 1.82) is 0 Å². The molecule has 1 N–H and O–H groups in total. The molecule has 24 heavy (non-hydrogen) atoms. The van der Waals surface area contributed by atoms with E-state index in [-0.39, 0.29) is 11.2 Å². The normalized spacial score (nSPS) is 11.3. The Balaban J connectivity index is 1.88. The van der Waals surface area contributed by atoms with Gasteiger partial charge < -0.3 is 0 Å². The highest BCUT2D eigenvalue weighted by Crippen LogP contribution is 2.28. The number of thiazole rings is 2. The third-order valence-electron chi connectivity index (χ3n) is 3.19. The SMILES string of the molecule is O=c1c(N=Nc2nccs2)c(-c2ccccc2)[nH]n1-c1nccs1. The molecule has 1 aromatic carbocycles. The first-order valence-electron chi connectivity index (χ1n) is 6.94. The van der Waals surface area contributed by atoms with Gasteiger partial charge in [0.2, 0.25) is 10.3 Å². The molecule has 4 aromatic rings. The van der Waals surface area contributed by atoms with Gasteiger partial charge in [-0.3, -0.25) is 9.89 Å². The quantitative estimate of drug-likeness (QED) is 0.558. The van der Waals surface area contributed by atoms with Crippen molar-refractivity contribution >= 4 is 33.5 Å². The molecule has 0 aliphatic rings. The zero-order chi connectivity index (χ0) is 16.4. The molecular weight excluding hydrogens is 344 g/mol. The molecule has 0 bridgehead atoms. The number of aromatic nitrogens is 4. The van der Waals surface area contributed by atoms with Gasteiger partial charge in [0, 0.05) is 28.7 Å². The number of benzene rings is 1. The standard InChI is InChI=1S/C15H10N6OS2/c22-13-12(18-19-14-16-6-8-23-14)11(10-4-2-1-3-5-10)20-21(13)15-17-7-9-24-15/h1-9,20H. The molecule has 118 valence electrons. The fraction of sp³-hybridized carbons (Fsp3) is 0. The minimum absolute atomic E-state index is 0.228. The van der Waals surface area contributed by atoms with Crippen LogP contribution in [0.1, 0.15) is 0 Å². The average molecular weight is 354 g/mol. The van der Waals surface area contributed by atoms with E-state index in [1.165, 1.54) is 27.4 Å². The largest absolute Gasteiger partial charge is 0.301 e. The number of nitrogens with zero attached hydrogens (tertiary/aromatic N) is 5. The van der Waals surface area contributed by atoms with E-state index in [2.05, 4.69) is 25.3 Å². The Bertz CT molecular complexity index is 1020. The number of hydrogen-bond donors (Lipinski definition) is 1. The molecule has 7 nitrogen and oxygen atoms in total. The van der Waals surface area contributed by atoms with Gasteiger partial charge in [0.05, 0.1) is 5.69 Å². The highest BCUT2D eigenvalue weighted by molar-refractivity contribution is 7.13. The Labute approximate surface area is 144 Å². The molecule has 0 saturated heterocycles. The van der Waals surface area contributed by atoms with Crippen LogP contribution in [0.4, 0.5) is 10.8 Å². The third-order valence-corrected chi connectivity index (χ3v) is 4.61. The van der Waals surface area contributed by atoms with E-state index in [9.17, 15) is 4.79 Å². The summed E-state index contributed by atoms with van der Waals surface area (Å²) in [5.41, 5.74) is 1.37. The van der Waals surface area contributed by atoms with Crippen LogP contribution in [0.15, 0.2) is 68.5 Å². The lowest BCUT2D eigenvalue weighted by Gasteiger charge is -1.98. The summed E-state index contributed by atoms with van der Waals surface area (Å²) in [6.07, 6.45) is 3.29. The summed E-state index contributed by atoms with van der Waals surface area (Å²) in [6.45, 7) is 0. The van der Waals surface area contributed by atoms with Gasteiger partial charge in [-0.1, -0.05) is 30.3 Å². The first-order valence-corrected chi connectivity index (χ1v) is 8.70. The molecule has 0 saturated carbocycles. The number of nitrogens with one attached hydrogen (secondary N) is 1.